The van der Waals surface area contributed by atoms with E-state index in [1.165, 1.54) is 37.3 Å². The second-order valence-corrected chi connectivity index (χ2v) is 11.9. The number of carbonyl (C=O) groups is 1. The molecule has 222 valence electrons. The molecule has 0 bridgehead atoms. The van der Waals surface area contributed by atoms with Crippen LogP contribution in [0.15, 0.2) is 92.3 Å². The smallest absolute Gasteiger partial charge is 0.434 e. The summed E-state index contributed by atoms with van der Waals surface area (Å²) in [6, 6.07) is 16.9. The Morgan fingerprint density at radius 2 is 1.79 bits per heavy atom. The quantitative estimate of drug-likeness (QED) is 0.194. The highest BCUT2D eigenvalue weighted by Gasteiger charge is 2.45. The lowest BCUT2D eigenvalue weighted by Crippen LogP contribution is -2.41. The van der Waals surface area contributed by atoms with Crippen LogP contribution in [-0.4, -0.2) is 23.3 Å². The minimum atomic E-state index is -5.02. The average Bonchev–Trinajstić information content (AvgIpc) is 3.26. The maximum Gasteiger partial charge on any atom is 0.434 e. The Bertz CT molecular complexity index is 1910. The minimum Gasteiger partial charge on any atom is -0.487 e. The van der Waals surface area contributed by atoms with Gasteiger partial charge < -0.3 is 9.47 Å². The molecular formula is C30H20BrCl2F3N2O4S. The summed E-state index contributed by atoms with van der Waals surface area (Å²) >= 11 is 16.5. The number of halogens is 6. The zero-order chi connectivity index (χ0) is 30.9. The number of hydrogen-bond donors (Lipinski definition) is 0. The van der Waals surface area contributed by atoms with E-state index in [0.29, 0.717) is 25.8 Å². The molecule has 0 N–H and O–H groups in total. The van der Waals surface area contributed by atoms with Crippen molar-refractivity contribution in [2.75, 3.05) is 6.61 Å². The standard InChI is InChI=1S/C30H20BrCl2F3N2O4S/c1-2-41-28(40)23-24(17-8-10-19(32)11-9-17)38-27(39)22(43-29(38)37-26(23)30(34,35)36)13-18-12-20(33)14-21(31)25(18)42-15-16-6-4-3-5-7-16/h3-14,24H,2,15H2,1H3/b22-13-/t24-/m1/s1. The number of allylic oxidation sites excluding steroid dienone is 1. The van der Waals surface area contributed by atoms with Crippen LogP contribution in [0.5, 0.6) is 5.75 Å². The van der Waals surface area contributed by atoms with Crippen LogP contribution >= 0.6 is 50.5 Å². The fourth-order valence-electron chi connectivity index (χ4n) is 4.51. The van der Waals surface area contributed by atoms with Crippen molar-refractivity contribution in [3.8, 4) is 5.75 Å². The van der Waals surface area contributed by atoms with Crippen molar-refractivity contribution in [2.24, 2.45) is 4.99 Å². The normalized spacial score (nSPS) is 15.2. The third-order valence-corrected chi connectivity index (χ3v) is 8.37. The van der Waals surface area contributed by atoms with E-state index in [9.17, 15) is 22.8 Å². The van der Waals surface area contributed by atoms with E-state index < -0.39 is 35.0 Å². The molecule has 0 unspecified atom stereocenters. The maximum atomic E-state index is 14.4. The van der Waals surface area contributed by atoms with Gasteiger partial charge in [-0.3, -0.25) is 9.36 Å². The van der Waals surface area contributed by atoms with Gasteiger partial charge in [0, 0.05) is 15.6 Å². The fourth-order valence-corrected chi connectivity index (χ4v) is 6.58. The number of rotatable bonds is 7. The van der Waals surface area contributed by atoms with E-state index in [2.05, 4.69) is 20.9 Å². The number of thiazole rings is 1. The lowest BCUT2D eigenvalue weighted by molar-refractivity contribution is -0.140. The van der Waals surface area contributed by atoms with Gasteiger partial charge in [0.2, 0.25) is 0 Å². The number of alkyl halides is 3. The molecule has 4 aromatic rings. The van der Waals surface area contributed by atoms with Crippen LogP contribution in [0.4, 0.5) is 13.2 Å². The molecule has 1 aliphatic rings. The summed E-state index contributed by atoms with van der Waals surface area (Å²) in [4.78, 5) is 30.5. The Balaban J connectivity index is 1.72. The van der Waals surface area contributed by atoms with Crippen LogP contribution in [0.1, 0.15) is 29.7 Å². The molecule has 0 aliphatic carbocycles. The number of nitrogens with zero attached hydrogens (tertiary/aromatic N) is 2. The topological polar surface area (TPSA) is 69.9 Å². The van der Waals surface area contributed by atoms with Crippen molar-refractivity contribution in [1.82, 2.24) is 4.57 Å². The zero-order valence-electron chi connectivity index (χ0n) is 22.1. The highest BCUT2D eigenvalue weighted by molar-refractivity contribution is 9.10. The maximum absolute atomic E-state index is 14.4. The highest BCUT2D eigenvalue weighted by atomic mass is 79.9. The molecule has 1 atom stereocenters. The van der Waals surface area contributed by atoms with Crippen LogP contribution in [0.25, 0.3) is 6.08 Å². The molecule has 1 aliphatic heterocycles. The number of fused-ring (bicyclic) bond motifs is 1. The monoisotopic (exact) mass is 710 g/mol. The van der Waals surface area contributed by atoms with E-state index in [1.807, 2.05) is 30.3 Å². The van der Waals surface area contributed by atoms with Gasteiger partial charge in [0.1, 0.15) is 12.4 Å². The summed E-state index contributed by atoms with van der Waals surface area (Å²) in [7, 11) is 0. The first-order valence-electron chi connectivity index (χ1n) is 12.7. The summed E-state index contributed by atoms with van der Waals surface area (Å²) in [6.45, 7) is 1.50. The molecule has 0 saturated carbocycles. The molecule has 3 aromatic carbocycles. The molecule has 0 saturated heterocycles. The van der Waals surface area contributed by atoms with Gasteiger partial charge in [-0.1, -0.05) is 77.0 Å². The lowest BCUT2D eigenvalue weighted by Gasteiger charge is -2.26. The first-order chi connectivity index (χ1) is 20.5. The first kappa shape index (κ1) is 31.1. The van der Waals surface area contributed by atoms with Crippen molar-refractivity contribution in [3.05, 3.63) is 129 Å². The summed E-state index contributed by atoms with van der Waals surface area (Å²) in [5, 5.41) is 0.657. The number of ether oxygens (including phenoxy) is 2. The Labute approximate surface area is 265 Å². The third-order valence-electron chi connectivity index (χ3n) is 6.33. The van der Waals surface area contributed by atoms with Crippen LogP contribution in [0.3, 0.4) is 0 Å². The average molecular weight is 712 g/mol. The predicted molar refractivity (Wildman–Crippen MR) is 162 cm³/mol. The molecular weight excluding hydrogens is 692 g/mol. The van der Waals surface area contributed by atoms with E-state index in [-0.39, 0.29) is 28.1 Å². The minimum absolute atomic E-state index is 0.0445. The summed E-state index contributed by atoms with van der Waals surface area (Å²) in [5.41, 5.74) is -1.39. The number of aromatic nitrogens is 1. The van der Waals surface area contributed by atoms with Gasteiger partial charge >= 0.3 is 12.1 Å². The van der Waals surface area contributed by atoms with Gasteiger partial charge in [-0.05, 0) is 64.3 Å². The van der Waals surface area contributed by atoms with Gasteiger partial charge in [-0.15, -0.1) is 0 Å². The molecule has 6 nitrogen and oxygen atoms in total. The van der Waals surface area contributed by atoms with Crippen molar-refractivity contribution in [2.45, 2.75) is 25.7 Å². The van der Waals surface area contributed by atoms with Crippen molar-refractivity contribution >= 4 is 62.5 Å². The van der Waals surface area contributed by atoms with Gasteiger partial charge in [-0.25, -0.2) is 9.79 Å². The van der Waals surface area contributed by atoms with Crippen LogP contribution < -0.4 is 19.6 Å². The Morgan fingerprint density at radius 1 is 1.09 bits per heavy atom. The molecule has 0 fully saturated rings. The number of carbonyl (C=O) groups excluding carboxylic acids is 1. The SMILES string of the molecule is CCOC(=O)C1=C(C(F)(F)F)N=c2s/c(=C\c3cc(Cl)cc(Br)c3OCc3ccccc3)c(=O)n2[C@@H]1c1ccc(Cl)cc1. The van der Waals surface area contributed by atoms with Gasteiger partial charge in [0.15, 0.2) is 10.5 Å². The molecule has 43 heavy (non-hydrogen) atoms. The molecule has 0 amide bonds. The van der Waals surface area contributed by atoms with E-state index in [1.54, 1.807) is 12.1 Å². The van der Waals surface area contributed by atoms with E-state index in [0.717, 1.165) is 21.5 Å². The largest absolute Gasteiger partial charge is 0.487 e. The van der Waals surface area contributed by atoms with Crippen molar-refractivity contribution in [1.29, 1.82) is 0 Å². The highest BCUT2D eigenvalue weighted by Crippen LogP contribution is 2.39. The zero-order valence-corrected chi connectivity index (χ0v) is 26.0. The van der Waals surface area contributed by atoms with Gasteiger partial charge in [0.25, 0.3) is 5.56 Å². The summed E-state index contributed by atoms with van der Waals surface area (Å²) < 4.78 is 55.7. The Hall–Kier alpha value is -3.38. The fraction of sp³-hybridized carbons (Fsp3) is 0.167. The number of benzene rings is 3. The Morgan fingerprint density at radius 3 is 2.44 bits per heavy atom. The van der Waals surface area contributed by atoms with Crippen molar-refractivity contribution in [3.63, 3.8) is 0 Å². The third kappa shape index (κ3) is 6.59. The van der Waals surface area contributed by atoms with Crippen LogP contribution in [0.2, 0.25) is 10.0 Å². The molecule has 0 spiro atoms. The first-order valence-corrected chi connectivity index (χ1v) is 15.1. The summed E-state index contributed by atoms with van der Waals surface area (Å²) in [6.07, 6.45) is -3.54. The van der Waals surface area contributed by atoms with E-state index >= 15 is 0 Å². The Kier molecular flexibility index (Phi) is 9.17. The molecule has 0 radical (unpaired) electrons. The molecule has 13 heteroatoms. The number of esters is 1. The second kappa shape index (κ2) is 12.7. The summed E-state index contributed by atoms with van der Waals surface area (Å²) in [5.74, 6) is -0.861. The van der Waals surface area contributed by atoms with Crippen LogP contribution in [-0.2, 0) is 16.1 Å². The van der Waals surface area contributed by atoms with Gasteiger partial charge in [0.05, 0.1) is 27.2 Å². The molecule has 2 heterocycles. The van der Waals surface area contributed by atoms with Crippen molar-refractivity contribution < 1.29 is 27.4 Å². The van der Waals surface area contributed by atoms with Gasteiger partial charge in [-0.2, -0.15) is 13.2 Å². The molecule has 5 rings (SSSR count). The second-order valence-electron chi connectivity index (χ2n) is 9.20. The van der Waals surface area contributed by atoms with E-state index in [4.69, 9.17) is 32.7 Å². The lowest BCUT2D eigenvalue weighted by atomic mass is 9.95. The number of hydrogen-bond acceptors (Lipinski definition) is 6. The molecule has 1 aromatic heterocycles. The predicted octanol–water partition coefficient (Wildman–Crippen LogP) is 6.99. The van der Waals surface area contributed by atoms with Crippen LogP contribution in [0, 0.1) is 0 Å².